The molecule has 0 aromatic carbocycles. The van der Waals surface area contributed by atoms with Gasteiger partial charge in [-0.3, -0.25) is 18.1 Å². The highest BCUT2D eigenvalue weighted by Crippen LogP contribution is 2.47. The minimum atomic E-state index is -4.99. The average molecular weight is 763 g/mol. The maximum atomic E-state index is 12.5. The molecule has 11 N–H and O–H groups in total. The van der Waals surface area contributed by atoms with Crippen LogP contribution in [0.1, 0.15) is 45.4 Å². The molecule has 0 spiro atoms. The van der Waals surface area contributed by atoms with Crippen LogP contribution in [-0.2, 0) is 46.2 Å². The Kier molecular flexibility index (Phi) is 20.2. The third kappa shape index (κ3) is 16.1. The van der Waals surface area contributed by atoms with Crippen molar-refractivity contribution in [1.82, 2.24) is 0 Å². The van der Waals surface area contributed by atoms with Gasteiger partial charge in [0.15, 0.2) is 12.6 Å². The van der Waals surface area contributed by atoms with E-state index >= 15 is 0 Å². The standard InChI is InChI=1S/C26H52O21P2/c1-2-3-4-5-6-42-48(36,37)43-13-18(32)25(34)17(31)12-41-24-8-20(22(10-28)46-24)47-49(38,39)44-14-19(33)26(35)16(30)11-40-23-7-15(29)21(9-27)45-23/h15-35H,2-14H2,1H3,(H,36,37)(H,38,39)/t15?,16?,17?,18?,19?,20?,21-,22-,23-,24-,25?,26?/m1/s1. The molecule has 0 radical (unpaired) electrons. The fourth-order valence-corrected chi connectivity index (χ4v) is 6.37. The van der Waals surface area contributed by atoms with Gasteiger partial charge in [0.1, 0.15) is 54.9 Å². The second-order valence-corrected chi connectivity index (χ2v) is 14.5. The Morgan fingerprint density at radius 1 is 0.673 bits per heavy atom. The van der Waals surface area contributed by atoms with Crippen molar-refractivity contribution in [1.29, 1.82) is 0 Å². The number of rotatable bonds is 26. The van der Waals surface area contributed by atoms with Crippen LogP contribution in [-0.4, -0.2) is 176 Å². The lowest BCUT2D eigenvalue weighted by molar-refractivity contribution is -0.174. The van der Waals surface area contributed by atoms with Crippen molar-refractivity contribution in [3.8, 4) is 0 Å². The zero-order valence-corrected chi connectivity index (χ0v) is 28.8. The second kappa shape index (κ2) is 22.0. The molecule has 0 saturated carbocycles. The molecule has 0 aliphatic carbocycles. The first-order valence-electron chi connectivity index (χ1n) is 15.8. The fourth-order valence-electron chi connectivity index (χ4n) is 4.63. The quantitative estimate of drug-likeness (QED) is 0.0308. The number of phosphoric ester groups is 2. The normalized spacial score (nSPS) is 30.7. The molecule has 0 aromatic rings. The summed E-state index contributed by atoms with van der Waals surface area (Å²) in [5, 5.41) is 89.3. The largest absolute Gasteiger partial charge is 0.472 e. The molecular weight excluding hydrogens is 710 g/mol. The number of aliphatic hydroxyl groups is 9. The van der Waals surface area contributed by atoms with Gasteiger partial charge in [-0.15, -0.1) is 0 Å². The topological polar surface area (TPSA) is 331 Å². The first-order chi connectivity index (χ1) is 23.0. The Morgan fingerprint density at radius 2 is 1.16 bits per heavy atom. The van der Waals surface area contributed by atoms with E-state index in [1.54, 1.807) is 0 Å². The van der Waals surface area contributed by atoms with Crippen LogP contribution < -0.4 is 0 Å². The molecule has 49 heavy (non-hydrogen) atoms. The number of aliphatic hydroxyl groups excluding tert-OH is 9. The summed E-state index contributed by atoms with van der Waals surface area (Å²) in [6.07, 6.45) is -14.9. The molecule has 2 aliphatic heterocycles. The molecule has 23 heteroatoms. The molecule has 2 rings (SSSR count). The Morgan fingerprint density at radius 3 is 1.67 bits per heavy atom. The Bertz CT molecular complexity index is 1010. The third-order valence-electron chi connectivity index (χ3n) is 7.54. The molecule has 10 unspecified atom stereocenters. The number of ether oxygens (including phenoxy) is 4. The van der Waals surface area contributed by atoms with Gasteiger partial charge in [-0.2, -0.15) is 0 Å². The van der Waals surface area contributed by atoms with E-state index in [2.05, 4.69) is 4.52 Å². The molecule has 0 amide bonds. The van der Waals surface area contributed by atoms with E-state index in [0.29, 0.717) is 6.42 Å². The van der Waals surface area contributed by atoms with Gasteiger partial charge in [-0.25, -0.2) is 9.13 Å². The first-order valence-corrected chi connectivity index (χ1v) is 18.8. The molecule has 2 aliphatic rings. The summed E-state index contributed by atoms with van der Waals surface area (Å²) in [5.41, 5.74) is 0. The molecule has 14 atom stereocenters. The summed E-state index contributed by atoms with van der Waals surface area (Å²) in [6.45, 7) is -2.34. The van der Waals surface area contributed by atoms with Crippen LogP contribution in [0.15, 0.2) is 0 Å². The van der Waals surface area contributed by atoms with E-state index in [1.165, 1.54) is 0 Å². The fraction of sp³-hybridized carbons (Fsp3) is 1.00. The molecule has 21 nitrogen and oxygen atoms in total. The van der Waals surface area contributed by atoms with Crippen LogP contribution in [0.2, 0.25) is 0 Å². The van der Waals surface area contributed by atoms with Gasteiger partial charge in [0, 0.05) is 12.8 Å². The number of unbranched alkanes of at least 4 members (excludes halogenated alkanes) is 3. The van der Waals surface area contributed by atoms with Crippen molar-refractivity contribution in [3.05, 3.63) is 0 Å². The van der Waals surface area contributed by atoms with Crippen LogP contribution in [0.25, 0.3) is 0 Å². The lowest BCUT2D eigenvalue weighted by Gasteiger charge is -2.25. The lowest BCUT2D eigenvalue weighted by Crippen LogP contribution is -2.43. The number of hydrogen-bond acceptors (Lipinski definition) is 19. The maximum Gasteiger partial charge on any atom is 0.472 e. The molecule has 0 bridgehead atoms. The Balaban J connectivity index is 1.74. The predicted octanol–water partition coefficient (Wildman–Crippen LogP) is -3.02. The molecular formula is C26H52O21P2. The Hall–Kier alpha value is -0.300. The summed E-state index contributed by atoms with van der Waals surface area (Å²) in [5.74, 6) is 0. The molecule has 2 saturated heterocycles. The van der Waals surface area contributed by atoms with Gasteiger partial charge in [0.05, 0.1) is 52.4 Å². The minimum Gasteiger partial charge on any atom is -0.394 e. The third-order valence-corrected chi connectivity index (χ3v) is 9.53. The van der Waals surface area contributed by atoms with E-state index in [1.807, 2.05) is 6.92 Å². The van der Waals surface area contributed by atoms with Gasteiger partial charge in [0.2, 0.25) is 0 Å². The second-order valence-electron chi connectivity index (χ2n) is 11.6. The van der Waals surface area contributed by atoms with Crippen molar-refractivity contribution in [2.75, 3.05) is 46.2 Å². The maximum absolute atomic E-state index is 12.5. The molecule has 292 valence electrons. The lowest BCUT2D eigenvalue weighted by atomic mass is 10.1. The van der Waals surface area contributed by atoms with Crippen molar-refractivity contribution < 1.29 is 102 Å². The molecule has 2 heterocycles. The van der Waals surface area contributed by atoms with Gasteiger partial charge in [-0.05, 0) is 6.42 Å². The Labute approximate surface area is 283 Å². The van der Waals surface area contributed by atoms with Crippen LogP contribution in [0.4, 0.5) is 0 Å². The van der Waals surface area contributed by atoms with E-state index in [4.69, 9.17) is 37.6 Å². The summed E-state index contributed by atoms with van der Waals surface area (Å²) in [4.78, 5) is 19.8. The van der Waals surface area contributed by atoms with E-state index < -0.39 is 129 Å². The smallest absolute Gasteiger partial charge is 0.394 e. The van der Waals surface area contributed by atoms with Crippen molar-refractivity contribution >= 4 is 15.6 Å². The molecule has 0 aromatic heterocycles. The first kappa shape index (κ1) is 44.9. The van der Waals surface area contributed by atoms with Gasteiger partial charge >= 0.3 is 15.6 Å². The number of hydrogen-bond donors (Lipinski definition) is 11. The highest BCUT2D eigenvalue weighted by Gasteiger charge is 2.42. The summed E-state index contributed by atoms with van der Waals surface area (Å²) in [6, 6.07) is 0. The van der Waals surface area contributed by atoms with Gasteiger partial charge in [-0.1, -0.05) is 26.2 Å². The highest BCUT2D eigenvalue weighted by atomic mass is 31.2. The van der Waals surface area contributed by atoms with Crippen molar-refractivity contribution in [3.63, 3.8) is 0 Å². The van der Waals surface area contributed by atoms with Gasteiger partial charge in [0.25, 0.3) is 0 Å². The van der Waals surface area contributed by atoms with Crippen LogP contribution in [0.3, 0.4) is 0 Å². The highest BCUT2D eigenvalue weighted by molar-refractivity contribution is 7.47. The van der Waals surface area contributed by atoms with Crippen molar-refractivity contribution in [2.45, 2.75) is 119 Å². The minimum absolute atomic E-state index is 0.0105. The van der Waals surface area contributed by atoms with Crippen LogP contribution >= 0.6 is 15.6 Å². The van der Waals surface area contributed by atoms with E-state index in [-0.39, 0.29) is 19.4 Å². The zero-order chi connectivity index (χ0) is 36.8. The van der Waals surface area contributed by atoms with Crippen molar-refractivity contribution in [2.24, 2.45) is 0 Å². The summed E-state index contributed by atoms with van der Waals surface area (Å²) < 4.78 is 64.7. The monoisotopic (exact) mass is 762 g/mol. The predicted molar refractivity (Wildman–Crippen MR) is 161 cm³/mol. The summed E-state index contributed by atoms with van der Waals surface area (Å²) in [7, 11) is -9.50. The van der Waals surface area contributed by atoms with E-state index in [0.717, 1.165) is 19.3 Å². The van der Waals surface area contributed by atoms with Gasteiger partial charge < -0.3 is 74.7 Å². The average Bonchev–Trinajstić information content (AvgIpc) is 3.63. The van der Waals surface area contributed by atoms with Crippen LogP contribution in [0, 0.1) is 0 Å². The van der Waals surface area contributed by atoms with Crippen LogP contribution in [0.5, 0.6) is 0 Å². The summed E-state index contributed by atoms with van der Waals surface area (Å²) >= 11 is 0. The SMILES string of the molecule is CCCCCCOP(=O)(O)OCC(O)C(O)C(O)CO[C@H]1CC(OP(=O)(O)OCC(O)C(O)C(O)CO[C@H]2CC(O)[C@@H](CO)O2)[C@@H](CO)O1. The molecule has 2 fully saturated rings. The zero-order valence-electron chi connectivity index (χ0n) is 27.0. The van der Waals surface area contributed by atoms with E-state index in [9.17, 15) is 59.8 Å². The number of phosphoric acid groups is 2.